The molecule has 0 unspecified atom stereocenters. The molecule has 2 N–H and O–H groups in total. The minimum atomic E-state index is 0.634. The van der Waals surface area contributed by atoms with Gasteiger partial charge in [0.25, 0.3) is 0 Å². The lowest BCUT2D eigenvalue weighted by atomic mass is 10.3. The van der Waals surface area contributed by atoms with Crippen LogP contribution in [0.25, 0.3) is 20.4 Å². The van der Waals surface area contributed by atoms with Crippen molar-refractivity contribution in [2.45, 2.75) is 20.2 Å². The summed E-state index contributed by atoms with van der Waals surface area (Å²) in [6.45, 7) is 0. The van der Waals surface area contributed by atoms with Crippen LogP contribution in [0.4, 0.5) is 0 Å². The average molecular weight is 443 g/mol. The first-order valence-electron chi connectivity index (χ1n) is 8.41. The van der Waals surface area contributed by atoms with E-state index < -0.39 is 0 Å². The van der Waals surface area contributed by atoms with E-state index in [1.165, 1.54) is 9.40 Å². The highest BCUT2D eigenvalue weighted by Crippen LogP contribution is 2.32. The molecular formula is C18H14N6S4. The second-order valence-electron chi connectivity index (χ2n) is 5.87. The maximum absolute atomic E-state index is 6.21. The molecule has 0 atom stereocenters. The monoisotopic (exact) mass is 442 g/mol. The fraction of sp³-hybridized carbons (Fsp3) is 0.111. The van der Waals surface area contributed by atoms with Crippen LogP contribution in [0.2, 0.25) is 0 Å². The van der Waals surface area contributed by atoms with E-state index in [0.717, 1.165) is 31.4 Å². The molecule has 0 amide bonds. The van der Waals surface area contributed by atoms with Crippen molar-refractivity contribution in [1.82, 2.24) is 24.8 Å². The van der Waals surface area contributed by atoms with Gasteiger partial charge in [0.2, 0.25) is 0 Å². The number of benzene rings is 2. The SMILES string of the molecule is Nn1c(CSc2nc3ccccc3s2)nnc1CSc1nc2ccccc2s1. The lowest BCUT2D eigenvalue weighted by Crippen LogP contribution is -2.15. The van der Waals surface area contributed by atoms with Crippen molar-refractivity contribution in [2.75, 3.05) is 5.84 Å². The molecule has 140 valence electrons. The molecule has 0 bridgehead atoms. The molecule has 0 aliphatic rings. The Kier molecular flexibility index (Phi) is 4.93. The molecule has 0 radical (unpaired) electrons. The van der Waals surface area contributed by atoms with E-state index in [1.807, 2.05) is 36.4 Å². The van der Waals surface area contributed by atoms with Gasteiger partial charge in [0.05, 0.1) is 31.9 Å². The molecule has 5 rings (SSSR count). The Labute approximate surface area is 177 Å². The molecular weight excluding hydrogens is 429 g/mol. The Balaban J connectivity index is 1.25. The molecule has 6 nitrogen and oxygen atoms in total. The molecule has 0 spiro atoms. The van der Waals surface area contributed by atoms with Crippen molar-refractivity contribution >= 4 is 66.6 Å². The van der Waals surface area contributed by atoms with Gasteiger partial charge in [0, 0.05) is 0 Å². The van der Waals surface area contributed by atoms with Gasteiger partial charge in [-0.15, -0.1) is 32.9 Å². The fourth-order valence-electron chi connectivity index (χ4n) is 2.64. The summed E-state index contributed by atoms with van der Waals surface area (Å²) in [4.78, 5) is 9.27. The molecule has 0 aliphatic carbocycles. The molecule has 0 aliphatic heterocycles. The predicted octanol–water partition coefficient (Wildman–Crippen LogP) is 4.80. The third kappa shape index (κ3) is 3.60. The van der Waals surface area contributed by atoms with Crippen molar-refractivity contribution in [3.8, 4) is 0 Å². The largest absolute Gasteiger partial charge is 0.336 e. The number of aromatic nitrogens is 5. The van der Waals surface area contributed by atoms with Crippen LogP contribution in [0.3, 0.4) is 0 Å². The quantitative estimate of drug-likeness (QED) is 0.299. The molecule has 3 heterocycles. The number of thiazole rings is 2. The normalized spacial score (nSPS) is 11.6. The van der Waals surface area contributed by atoms with Crippen molar-refractivity contribution in [3.05, 3.63) is 60.2 Å². The van der Waals surface area contributed by atoms with Gasteiger partial charge in [-0.3, -0.25) is 0 Å². The minimum Gasteiger partial charge on any atom is -0.336 e. The zero-order valence-electron chi connectivity index (χ0n) is 14.5. The summed E-state index contributed by atoms with van der Waals surface area (Å²) in [6, 6.07) is 16.3. The van der Waals surface area contributed by atoms with Crippen LogP contribution in [0.5, 0.6) is 0 Å². The standard InChI is InChI=1S/C18H14N6S4/c19-24-15(9-25-17-20-11-5-1-3-7-13(11)27-17)22-23-16(24)10-26-18-21-12-6-2-4-8-14(12)28-18/h1-8H,9-10,19H2. The summed E-state index contributed by atoms with van der Waals surface area (Å²) in [6.07, 6.45) is 0. The Morgan fingerprint density at radius 1 is 0.750 bits per heavy atom. The fourth-order valence-corrected chi connectivity index (χ4v) is 6.62. The summed E-state index contributed by atoms with van der Waals surface area (Å²) in [5, 5.41) is 8.51. The lowest BCUT2D eigenvalue weighted by molar-refractivity contribution is 0.874. The zero-order chi connectivity index (χ0) is 18.9. The highest BCUT2D eigenvalue weighted by atomic mass is 32.2. The second-order valence-corrected chi connectivity index (χ2v) is 10.4. The van der Waals surface area contributed by atoms with Crippen LogP contribution < -0.4 is 5.84 Å². The van der Waals surface area contributed by atoms with Gasteiger partial charge >= 0.3 is 0 Å². The van der Waals surface area contributed by atoms with Crippen LogP contribution in [0.1, 0.15) is 11.6 Å². The lowest BCUT2D eigenvalue weighted by Gasteiger charge is -2.02. The highest BCUT2D eigenvalue weighted by Gasteiger charge is 2.13. The third-order valence-electron chi connectivity index (χ3n) is 4.04. The maximum Gasteiger partial charge on any atom is 0.162 e. The van der Waals surface area contributed by atoms with Crippen molar-refractivity contribution in [1.29, 1.82) is 0 Å². The van der Waals surface area contributed by atoms with Crippen LogP contribution in [0, 0.1) is 0 Å². The number of nitrogen functional groups attached to an aromatic ring is 1. The number of para-hydroxylation sites is 2. The summed E-state index contributed by atoms with van der Waals surface area (Å²) in [5.74, 6) is 8.96. The highest BCUT2D eigenvalue weighted by molar-refractivity contribution is 8.00. The van der Waals surface area contributed by atoms with Gasteiger partial charge in [0.1, 0.15) is 0 Å². The Morgan fingerprint density at radius 2 is 1.21 bits per heavy atom. The van der Waals surface area contributed by atoms with Crippen molar-refractivity contribution in [3.63, 3.8) is 0 Å². The number of hydrogen-bond acceptors (Lipinski definition) is 9. The Bertz CT molecular complexity index is 1100. The number of hydrogen-bond donors (Lipinski definition) is 1. The number of nitrogens with zero attached hydrogens (tertiary/aromatic N) is 5. The molecule has 0 fully saturated rings. The molecule has 2 aromatic carbocycles. The third-order valence-corrected chi connectivity index (χ3v) is 8.39. The van der Waals surface area contributed by atoms with E-state index in [4.69, 9.17) is 5.84 Å². The minimum absolute atomic E-state index is 0.634. The first-order valence-corrected chi connectivity index (χ1v) is 12.0. The summed E-state index contributed by atoms with van der Waals surface area (Å²) in [7, 11) is 0. The van der Waals surface area contributed by atoms with Gasteiger partial charge in [-0.1, -0.05) is 47.8 Å². The summed E-state index contributed by atoms with van der Waals surface area (Å²) < 4.78 is 5.98. The van der Waals surface area contributed by atoms with E-state index in [1.54, 1.807) is 50.9 Å². The van der Waals surface area contributed by atoms with Crippen LogP contribution in [-0.2, 0) is 11.5 Å². The van der Waals surface area contributed by atoms with Crippen molar-refractivity contribution < 1.29 is 0 Å². The predicted molar refractivity (Wildman–Crippen MR) is 119 cm³/mol. The average Bonchev–Trinajstić information content (AvgIpc) is 3.41. The zero-order valence-corrected chi connectivity index (χ0v) is 17.7. The van der Waals surface area contributed by atoms with Crippen molar-refractivity contribution in [2.24, 2.45) is 0 Å². The molecule has 0 saturated heterocycles. The second kappa shape index (κ2) is 7.70. The topological polar surface area (TPSA) is 82.5 Å². The smallest absolute Gasteiger partial charge is 0.162 e. The van der Waals surface area contributed by atoms with E-state index >= 15 is 0 Å². The van der Waals surface area contributed by atoms with Gasteiger partial charge in [0.15, 0.2) is 20.3 Å². The van der Waals surface area contributed by atoms with Crippen LogP contribution in [0.15, 0.2) is 57.2 Å². The molecule has 5 aromatic rings. The Morgan fingerprint density at radius 3 is 1.68 bits per heavy atom. The van der Waals surface area contributed by atoms with E-state index in [2.05, 4.69) is 32.3 Å². The number of thioether (sulfide) groups is 2. The number of rotatable bonds is 6. The summed E-state index contributed by atoms with van der Waals surface area (Å²) >= 11 is 6.62. The first kappa shape index (κ1) is 17.9. The van der Waals surface area contributed by atoms with Gasteiger partial charge in [-0.2, -0.15) is 0 Å². The van der Waals surface area contributed by atoms with E-state index in [9.17, 15) is 0 Å². The molecule has 10 heteroatoms. The molecule has 0 saturated carbocycles. The van der Waals surface area contributed by atoms with E-state index in [0.29, 0.717) is 11.5 Å². The Hall–Kier alpha value is -2.14. The van der Waals surface area contributed by atoms with Gasteiger partial charge in [-0.05, 0) is 24.3 Å². The molecule has 28 heavy (non-hydrogen) atoms. The van der Waals surface area contributed by atoms with Gasteiger partial charge < -0.3 is 5.84 Å². The summed E-state index contributed by atoms with van der Waals surface area (Å²) in [5.41, 5.74) is 2.05. The molecule has 3 aromatic heterocycles. The van der Waals surface area contributed by atoms with Crippen LogP contribution in [-0.4, -0.2) is 24.8 Å². The van der Waals surface area contributed by atoms with Gasteiger partial charge in [-0.25, -0.2) is 14.6 Å². The number of fused-ring (bicyclic) bond motifs is 2. The maximum atomic E-state index is 6.21. The number of nitrogens with two attached hydrogens (primary N) is 1. The van der Waals surface area contributed by atoms with E-state index in [-0.39, 0.29) is 0 Å². The first-order chi connectivity index (χ1) is 13.8. The van der Waals surface area contributed by atoms with Crippen LogP contribution >= 0.6 is 46.2 Å².